The van der Waals surface area contributed by atoms with Crippen LogP contribution in [0, 0.1) is 40.0 Å². The van der Waals surface area contributed by atoms with Gasteiger partial charge in [-0.15, -0.1) is 4.57 Å². The maximum absolute atomic E-state index is 13.6. The molecule has 1 aromatic carbocycles. The number of allylic oxidation sites excluding steroid dienone is 1. The molecule has 1 unspecified atom stereocenters. The number of thiophene rings is 1. The Hall–Kier alpha value is -7.37. The van der Waals surface area contributed by atoms with Gasteiger partial charge in [0.2, 0.25) is 24.5 Å². The molecule has 6 aliphatic rings. The number of aliphatic imine (C=N–C) groups is 1. The van der Waals surface area contributed by atoms with Gasteiger partial charge in [0.15, 0.2) is 12.1 Å². The number of hydrogen-bond donors (Lipinski definition) is 2. The first-order chi connectivity index (χ1) is 51.7. The summed E-state index contributed by atoms with van der Waals surface area (Å²) >= 11 is 1.81. The summed E-state index contributed by atoms with van der Waals surface area (Å²) < 4.78 is 31.5. The van der Waals surface area contributed by atoms with Gasteiger partial charge in [0.05, 0.1) is 6.20 Å². The summed E-state index contributed by atoms with van der Waals surface area (Å²) in [5, 5.41) is 28.6. The molecule has 12 aromatic rings. The van der Waals surface area contributed by atoms with E-state index in [9.17, 15) is 4.39 Å². The number of aromatic nitrogens is 18. The van der Waals surface area contributed by atoms with Gasteiger partial charge < -0.3 is 33.8 Å². The number of nitrogens with zero attached hydrogens (tertiary/aromatic N) is 17. The predicted octanol–water partition coefficient (Wildman–Crippen LogP) is 18.2. The minimum absolute atomic E-state index is 0. The molecule has 4 fully saturated rings. The molecular formula is C82H104BFIr2N19O2PtSSi-2. The summed E-state index contributed by atoms with van der Waals surface area (Å²) in [7, 11) is 0.223. The Kier molecular flexibility index (Phi) is 31.8. The van der Waals surface area contributed by atoms with E-state index in [4.69, 9.17) is 18.8 Å². The van der Waals surface area contributed by atoms with Crippen LogP contribution in [0.2, 0.25) is 13.1 Å². The Balaban J connectivity index is 0.000000154. The van der Waals surface area contributed by atoms with Gasteiger partial charge in [0, 0.05) is 146 Å². The number of fused-ring (bicyclic) bond motifs is 4. The van der Waals surface area contributed by atoms with Crippen LogP contribution in [0.5, 0.6) is 0 Å². The molecule has 0 spiro atoms. The number of H-pyrrole nitrogens is 2. The number of halogens is 1. The van der Waals surface area contributed by atoms with Gasteiger partial charge in [0.1, 0.15) is 14.3 Å². The molecular weight excluding hydrogens is 1950 g/mol. The fourth-order valence-electron chi connectivity index (χ4n) is 16.3. The molecule has 21 nitrogen and oxygen atoms in total. The summed E-state index contributed by atoms with van der Waals surface area (Å²) in [5.41, 5.74) is 11.9. The molecule has 0 amide bonds. The first kappa shape index (κ1) is 86.6. The molecule has 3 radical (unpaired) electrons. The number of oxazole rings is 2. The average molecular weight is 2060 g/mol. The summed E-state index contributed by atoms with van der Waals surface area (Å²) in [4.78, 5) is 36.5. The molecule has 4 saturated carbocycles. The standard InChI is InChI=1S/C20H24N3O.C19H28NSSi.C17H19FN3.C14H19N4O.C6H6BN4.2C3H4N2.2Ir.Pt/c1-20(9-5-3-2-4-6-10-20)14-15-7-8-16-17(13-15)23-18(22-16)19-21-11-12-24-19;1-18(2,16-9-8-12-21-16)17-20-15(14-22(17,4)5)13-19(3)10-6-7-11-19;1-12(17(2)8-4-5-9-17)15-13(11-20-16(18)21-15)14-7-3-6-10-19-14;1-14(5-3-2-4-6-14)7-12-15-13-11-8-19-10-17(11)9-18(13)16-12;1-3-8-10(5-1)7-11-6-2-4-9-11;2*1-2-4-5-3-1;;;/h7-8,11-13H,2-6,9-10,14H2,1H3;8,12,14H,6-7,10-11,13H2,1-5H3;3,6-7,10,12H,4-5,8-9H2,1-2H3;8,10H,2-7,9H2,1H3;1-6H;2*1-3H,(H,4,5);;;/q3*-1;+1;;;;;;. The molecule has 0 bridgehead atoms. The van der Waals surface area contributed by atoms with Crippen molar-refractivity contribution in [3.8, 4) is 34.5 Å². The van der Waals surface area contributed by atoms with E-state index < -0.39 is 14.2 Å². The average Bonchev–Trinajstić information content (AvgIpc) is 1.64. The van der Waals surface area contributed by atoms with E-state index in [-0.39, 0.29) is 78.0 Å². The fourth-order valence-corrected chi connectivity index (χ4v) is 20.5. The van der Waals surface area contributed by atoms with Gasteiger partial charge in [-0.05, 0) is 156 Å². The Labute approximate surface area is 694 Å². The van der Waals surface area contributed by atoms with Crippen molar-refractivity contribution in [1.82, 2.24) is 84.4 Å². The first-order valence-electron chi connectivity index (χ1n) is 38.3. The third kappa shape index (κ3) is 23.4. The Morgan fingerprint density at radius 1 is 0.727 bits per heavy atom. The zero-order valence-corrected chi connectivity index (χ0v) is 73.7. The van der Waals surface area contributed by atoms with E-state index in [1.165, 1.54) is 143 Å². The molecule has 28 heteroatoms. The van der Waals surface area contributed by atoms with E-state index in [0.29, 0.717) is 28.0 Å². The first-order valence-corrected chi connectivity index (χ1v) is 42.3. The van der Waals surface area contributed by atoms with Gasteiger partial charge >= 0.3 is 13.9 Å². The Bertz CT molecular complexity index is 4560. The summed E-state index contributed by atoms with van der Waals surface area (Å²) in [5.74, 6) is 3.16. The van der Waals surface area contributed by atoms with Crippen LogP contribution in [0.4, 0.5) is 4.39 Å². The molecule has 1 atom stereocenters. The van der Waals surface area contributed by atoms with E-state index in [0.717, 1.165) is 77.7 Å². The third-order valence-electron chi connectivity index (χ3n) is 22.3. The van der Waals surface area contributed by atoms with Gasteiger partial charge in [-0.3, -0.25) is 35.7 Å². The van der Waals surface area contributed by atoms with Gasteiger partial charge in [0.25, 0.3) is 5.69 Å². The van der Waals surface area contributed by atoms with Crippen LogP contribution >= 0.6 is 11.3 Å². The molecule has 4 aliphatic carbocycles. The molecule has 2 aliphatic heterocycles. The molecule has 0 saturated heterocycles. The van der Waals surface area contributed by atoms with E-state index in [1.54, 1.807) is 85.2 Å². The van der Waals surface area contributed by atoms with Crippen LogP contribution in [-0.2, 0) is 86.2 Å². The van der Waals surface area contributed by atoms with Crippen molar-refractivity contribution in [2.24, 2.45) is 26.7 Å². The number of nitrogens with one attached hydrogen (secondary N) is 2. The summed E-state index contributed by atoms with van der Waals surface area (Å²) in [6.07, 6.45) is 54.4. The molecule has 110 heavy (non-hydrogen) atoms. The SMILES string of the molecule is CC(c1nc(F)n[c-]c1-c1ccccn1)C1(C)CCCC1.CC1(CC2=C[Si](C)(C)C(C(C)(C)c3[c-]ccs3)=N2)CCCC1.CC1(Cc2ccc3[n-]c(-c4ncco4)nc3c2)CCCCCCC1.CC1(Cc2nc3n(n2)C[n+]2cocc2-3)CCCCC1.[B](n1cccn1)n1cccn1.[Ir].[Ir].[Pt].c1cn[nH]c1.c1cn[nH]c1. The van der Waals surface area contributed by atoms with Crippen molar-refractivity contribution in [1.29, 1.82) is 0 Å². The predicted molar refractivity (Wildman–Crippen MR) is 421 cm³/mol. The maximum atomic E-state index is 13.6. The maximum Gasteiger partial charge on any atom is 0.436 e. The molecule has 2 N–H and O–H groups in total. The van der Waals surface area contributed by atoms with Crippen molar-refractivity contribution >= 4 is 43.3 Å². The van der Waals surface area contributed by atoms with Crippen molar-refractivity contribution in [3.63, 3.8) is 0 Å². The topological polar surface area (TPSA) is 245 Å². The van der Waals surface area contributed by atoms with E-state index in [2.05, 4.69) is 169 Å². The van der Waals surface area contributed by atoms with E-state index in [1.807, 2.05) is 81.5 Å². The largest absolute Gasteiger partial charge is 0.445 e. The van der Waals surface area contributed by atoms with Crippen LogP contribution in [0.3, 0.4) is 0 Å². The number of imidazole rings is 1. The number of rotatable bonds is 14. The number of benzene rings is 1. The van der Waals surface area contributed by atoms with Crippen molar-refractivity contribution in [2.45, 2.75) is 227 Å². The minimum atomic E-state index is -1.55. The monoisotopic (exact) mass is 2060 g/mol. The van der Waals surface area contributed by atoms with Crippen LogP contribution < -0.4 is 9.55 Å². The van der Waals surface area contributed by atoms with Crippen molar-refractivity contribution in [3.05, 3.63) is 205 Å². The smallest absolute Gasteiger partial charge is 0.436 e. The van der Waals surface area contributed by atoms with E-state index >= 15 is 0 Å². The quantitative estimate of drug-likeness (QED) is 0.0445. The number of hydrogen-bond acceptors (Lipinski definition) is 15. The molecule has 589 valence electrons. The Morgan fingerprint density at radius 2 is 1.35 bits per heavy atom. The van der Waals surface area contributed by atoms with Gasteiger partial charge in [-0.1, -0.05) is 185 Å². The van der Waals surface area contributed by atoms with Crippen molar-refractivity contribution < 1.29 is 79.1 Å². The second-order valence-electron chi connectivity index (χ2n) is 32.0. The van der Waals surface area contributed by atoms with Crippen LogP contribution in [0.1, 0.15) is 211 Å². The normalized spacial score (nSPS) is 17.5. The summed E-state index contributed by atoms with van der Waals surface area (Å²) in [6, 6.07) is 25.0. The number of aromatic amines is 2. The molecule has 18 rings (SSSR count). The zero-order chi connectivity index (χ0) is 74.8. The fraction of sp³-hybridized carbons (Fsp3) is 0.476. The van der Waals surface area contributed by atoms with Gasteiger partial charge in [-0.25, -0.2) is 26.5 Å². The van der Waals surface area contributed by atoms with Gasteiger partial charge in [-0.2, -0.15) is 35.6 Å². The second-order valence-corrected chi connectivity index (χ2v) is 37.2. The van der Waals surface area contributed by atoms with Crippen LogP contribution in [-0.4, -0.2) is 100 Å². The number of pyridine rings is 1. The van der Waals surface area contributed by atoms with Crippen molar-refractivity contribution in [2.75, 3.05) is 0 Å². The molecule has 11 aromatic heterocycles. The van der Waals surface area contributed by atoms with Crippen LogP contribution in [0.15, 0.2) is 178 Å². The summed E-state index contributed by atoms with van der Waals surface area (Å²) in [6.45, 7) is 22.0. The van der Waals surface area contributed by atoms with Crippen LogP contribution in [0.25, 0.3) is 45.5 Å². The Morgan fingerprint density at radius 3 is 1.93 bits per heavy atom. The zero-order valence-electron chi connectivity index (χ0n) is 64.8. The third-order valence-corrected chi connectivity index (χ3v) is 26.4. The second kappa shape index (κ2) is 40.4. The molecule has 13 heterocycles. The minimum Gasteiger partial charge on any atom is -0.445 e.